The number of benzene rings is 1. The van der Waals surface area contributed by atoms with Gasteiger partial charge in [-0.1, -0.05) is 17.7 Å². The molecule has 0 bridgehead atoms. The molecule has 172 valence electrons. The molecule has 1 fully saturated rings. The van der Waals surface area contributed by atoms with Gasteiger partial charge < -0.3 is 4.90 Å². The van der Waals surface area contributed by atoms with Crippen molar-refractivity contribution in [1.29, 1.82) is 5.26 Å². The van der Waals surface area contributed by atoms with Crippen molar-refractivity contribution in [1.82, 2.24) is 14.2 Å². The largest absolute Gasteiger partial charge is 0.362 e. The maximum Gasteiger partial charge on any atom is 0.306 e. The number of hydrogen-bond acceptors (Lipinski definition) is 7. The minimum atomic E-state index is -3.86. The van der Waals surface area contributed by atoms with E-state index < -0.39 is 15.6 Å². The average molecular weight is 485 g/mol. The van der Waals surface area contributed by atoms with Crippen LogP contribution in [-0.2, 0) is 10.0 Å². The lowest BCUT2D eigenvalue weighted by Crippen LogP contribution is -2.35. The van der Waals surface area contributed by atoms with Gasteiger partial charge in [-0.2, -0.15) is 17.0 Å². The number of thioether (sulfide) groups is 1. The maximum absolute atomic E-state index is 12.8. The van der Waals surface area contributed by atoms with Gasteiger partial charge in [0.1, 0.15) is 0 Å². The molecule has 0 spiro atoms. The number of nitrogens with one attached hydrogen (secondary N) is 1. The Hall–Kier alpha value is -3.23. The van der Waals surface area contributed by atoms with Gasteiger partial charge in [0.2, 0.25) is 6.19 Å². The number of aromatic nitrogens is 3. The minimum absolute atomic E-state index is 0.143. The molecule has 1 aromatic carbocycles. The maximum atomic E-state index is 12.8. The van der Waals surface area contributed by atoms with Crippen LogP contribution >= 0.6 is 11.8 Å². The van der Waals surface area contributed by atoms with E-state index in [9.17, 15) is 18.5 Å². The minimum Gasteiger partial charge on any atom is -0.362 e. The van der Waals surface area contributed by atoms with Crippen molar-refractivity contribution in [3.63, 3.8) is 0 Å². The number of anilines is 2. The van der Waals surface area contributed by atoms with E-state index in [2.05, 4.69) is 9.71 Å². The first-order chi connectivity index (χ1) is 15.7. The van der Waals surface area contributed by atoms with Gasteiger partial charge in [0.05, 0.1) is 23.5 Å². The highest BCUT2D eigenvalue weighted by Gasteiger charge is 2.23. The van der Waals surface area contributed by atoms with Crippen LogP contribution in [0.4, 0.5) is 11.4 Å². The topological polar surface area (TPSA) is 112 Å². The van der Waals surface area contributed by atoms with Crippen LogP contribution in [0.1, 0.15) is 22.3 Å². The monoisotopic (exact) mass is 484 g/mol. The van der Waals surface area contributed by atoms with E-state index in [1.54, 1.807) is 17.8 Å². The summed E-state index contributed by atoms with van der Waals surface area (Å²) in [7, 11) is -3.86. The van der Waals surface area contributed by atoms with Crippen molar-refractivity contribution in [2.24, 2.45) is 0 Å². The predicted molar refractivity (Wildman–Crippen MR) is 132 cm³/mol. The quantitative estimate of drug-likeness (QED) is 0.592. The molecular formula is C22H24N6O3S2. The van der Waals surface area contributed by atoms with E-state index >= 15 is 0 Å². The predicted octanol–water partition coefficient (Wildman–Crippen LogP) is 2.72. The molecule has 9 nitrogen and oxygen atoms in total. The van der Waals surface area contributed by atoms with Gasteiger partial charge in [0.25, 0.3) is 10.0 Å². The number of aryl methyl sites for hydroxylation is 3. The van der Waals surface area contributed by atoms with Crippen LogP contribution in [0, 0.1) is 32.2 Å². The summed E-state index contributed by atoms with van der Waals surface area (Å²) < 4.78 is 30.0. The lowest BCUT2D eigenvalue weighted by atomic mass is 10.0. The summed E-state index contributed by atoms with van der Waals surface area (Å²) in [5, 5.41) is 10.6. The third kappa shape index (κ3) is 4.62. The van der Waals surface area contributed by atoms with Gasteiger partial charge in [0, 0.05) is 24.6 Å². The van der Waals surface area contributed by atoms with Crippen LogP contribution < -0.4 is 15.2 Å². The molecule has 2 aromatic heterocycles. The fraction of sp³-hybridized carbons (Fsp3) is 0.318. The van der Waals surface area contributed by atoms with Crippen LogP contribution in [0.25, 0.3) is 11.7 Å². The molecule has 0 radical (unpaired) electrons. The van der Waals surface area contributed by atoms with E-state index in [0.717, 1.165) is 43.8 Å². The van der Waals surface area contributed by atoms with Gasteiger partial charge in [-0.25, -0.2) is 17.9 Å². The number of rotatable bonds is 5. The van der Waals surface area contributed by atoms with Crippen molar-refractivity contribution >= 4 is 44.9 Å². The summed E-state index contributed by atoms with van der Waals surface area (Å²) in [6.07, 6.45) is 6.16. The average Bonchev–Trinajstić information content (AvgIpc) is 3.03. The lowest BCUT2D eigenvalue weighted by Gasteiger charge is -2.26. The standard InChI is InChI=1S/C22H24N6O3S2/c1-15-10-16(2)19(17(3)11-15)4-9-33(30,31)25-18-12-24-21-20(26-5-7-32-8-6-26)22(29)28(14-23)27(21)13-18/h4,9-13,25H,5-8H2,1-3H3/b9-4+. The molecule has 33 heavy (non-hydrogen) atoms. The third-order valence-corrected chi connectivity index (χ3v) is 7.42. The van der Waals surface area contributed by atoms with Crippen LogP contribution in [0.15, 0.2) is 34.7 Å². The normalized spacial score (nSPS) is 14.7. The fourth-order valence-corrected chi connectivity index (χ4v) is 5.77. The number of sulfonamides is 1. The fourth-order valence-electron chi connectivity index (χ4n) is 4.05. The third-order valence-electron chi connectivity index (χ3n) is 5.46. The second kappa shape index (κ2) is 8.96. The summed E-state index contributed by atoms with van der Waals surface area (Å²) in [5.74, 6) is 1.76. The summed E-state index contributed by atoms with van der Waals surface area (Å²) >= 11 is 1.81. The highest BCUT2D eigenvalue weighted by molar-refractivity contribution is 7.99. The Balaban J connectivity index is 1.67. The molecule has 1 saturated heterocycles. The first-order valence-corrected chi connectivity index (χ1v) is 13.1. The molecule has 0 amide bonds. The van der Waals surface area contributed by atoms with Gasteiger partial charge in [-0.05, 0) is 43.5 Å². The Morgan fingerprint density at radius 2 is 1.85 bits per heavy atom. The van der Waals surface area contributed by atoms with Gasteiger partial charge in [-0.3, -0.25) is 9.52 Å². The van der Waals surface area contributed by atoms with Crippen molar-refractivity contribution in [3.8, 4) is 6.19 Å². The lowest BCUT2D eigenvalue weighted by molar-refractivity contribution is 0.609. The van der Waals surface area contributed by atoms with Crippen LogP contribution in [0.2, 0.25) is 0 Å². The van der Waals surface area contributed by atoms with Crippen molar-refractivity contribution in [2.45, 2.75) is 20.8 Å². The second-order valence-electron chi connectivity index (χ2n) is 7.94. The van der Waals surface area contributed by atoms with E-state index in [4.69, 9.17) is 0 Å². The SMILES string of the molecule is Cc1cc(C)c(/C=C/S(=O)(=O)Nc2cnc3c(N4CCSCC4)c(=O)n(C#N)n3c2)c(C)c1. The first kappa shape index (κ1) is 22.9. The van der Waals surface area contributed by atoms with E-state index in [1.807, 2.05) is 44.0 Å². The molecule has 1 aliphatic heterocycles. The number of fused-ring (bicyclic) bond motifs is 1. The Kier molecular flexibility index (Phi) is 6.23. The van der Waals surface area contributed by atoms with Gasteiger partial charge in [-0.15, -0.1) is 4.68 Å². The Morgan fingerprint density at radius 1 is 1.18 bits per heavy atom. The summed E-state index contributed by atoms with van der Waals surface area (Å²) in [6.45, 7) is 7.23. The van der Waals surface area contributed by atoms with Crippen LogP contribution in [0.5, 0.6) is 0 Å². The van der Waals surface area contributed by atoms with E-state index in [1.165, 1.54) is 16.9 Å². The summed E-state index contributed by atoms with van der Waals surface area (Å²) in [4.78, 5) is 19.1. The Morgan fingerprint density at radius 3 is 2.48 bits per heavy atom. The molecule has 0 unspecified atom stereocenters. The second-order valence-corrected chi connectivity index (χ2v) is 10.7. The molecule has 3 aromatic rings. The van der Waals surface area contributed by atoms with E-state index in [0.29, 0.717) is 24.4 Å². The highest BCUT2D eigenvalue weighted by atomic mass is 32.2. The van der Waals surface area contributed by atoms with Crippen molar-refractivity contribution in [3.05, 3.63) is 62.5 Å². The summed E-state index contributed by atoms with van der Waals surface area (Å²) in [5.41, 5.74) is 4.26. The Bertz CT molecular complexity index is 1430. The first-order valence-electron chi connectivity index (χ1n) is 10.3. The molecule has 0 atom stereocenters. The van der Waals surface area contributed by atoms with Gasteiger partial charge in [0.15, 0.2) is 11.3 Å². The molecule has 1 N–H and O–H groups in total. The van der Waals surface area contributed by atoms with Crippen LogP contribution in [0.3, 0.4) is 0 Å². The smallest absolute Gasteiger partial charge is 0.306 e. The zero-order valence-electron chi connectivity index (χ0n) is 18.6. The zero-order chi connectivity index (χ0) is 23.8. The molecule has 0 saturated carbocycles. The van der Waals surface area contributed by atoms with E-state index in [-0.39, 0.29) is 5.69 Å². The molecule has 11 heteroatoms. The molecular weight excluding hydrogens is 460 g/mol. The molecule has 3 heterocycles. The molecule has 4 rings (SSSR count). The zero-order valence-corrected chi connectivity index (χ0v) is 20.2. The highest BCUT2D eigenvalue weighted by Crippen LogP contribution is 2.23. The molecule has 0 aliphatic carbocycles. The van der Waals surface area contributed by atoms with Crippen LogP contribution in [-0.4, -0.2) is 47.2 Å². The van der Waals surface area contributed by atoms with Crippen molar-refractivity contribution < 1.29 is 8.42 Å². The molecule has 1 aliphatic rings. The number of nitrogens with zero attached hydrogens (tertiary/aromatic N) is 5. The Labute approximate surface area is 196 Å². The van der Waals surface area contributed by atoms with Crippen molar-refractivity contribution in [2.75, 3.05) is 34.2 Å². The number of nitriles is 1. The van der Waals surface area contributed by atoms with Gasteiger partial charge >= 0.3 is 5.56 Å². The summed E-state index contributed by atoms with van der Waals surface area (Å²) in [6, 6.07) is 3.99. The number of hydrogen-bond donors (Lipinski definition) is 1.